The van der Waals surface area contributed by atoms with Crippen molar-refractivity contribution in [3.8, 4) is 0 Å². The number of rotatable bonds is 4. The SMILES string of the molecule is C=C1NC(=O)C(I)=CN1[C@@H]1OC(COP(=O)(O)O)[C@@H](O)[C@H]1O. The summed E-state index contributed by atoms with van der Waals surface area (Å²) in [6.45, 7) is 3.01. The molecule has 0 aromatic carbocycles. The predicted molar refractivity (Wildman–Crippen MR) is 79.9 cm³/mol. The normalized spacial score (nSPS) is 33.0. The van der Waals surface area contributed by atoms with E-state index >= 15 is 0 Å². The monoisotopic (exact) mass is 448 g/mol. The van der Waals surface area contributed by atoms with Crippen LogP contribution >= 0.6 is 30.4 Å². The Hall–Kier alpha value is -0.530. The third kappa shape index (κ3) is 3.86. The molecule has 1 saturated heterocycles. The van der Waals surface area contributed by atoms with Crippen LogP contribution in [-0.4, -0.2) is 62.0 Å². The Kier molecular flexibility index (Phi) is 5.29. The lowest BCUT2D eigenvalue weighted by Crippen LogP contribution is -2.47. The molecule has 0 spiro atoms. The van der Waals surface area contributed by atoms with Gasteiger partial charge in [0.2, 0.25) is 0 Å². The Morgan fingerprint density at radius 1 is 1.45 bits per heavy atom. The van der Waals surface area contributed by atoms with Gasteiger partial charge in [-0.2, -0.15) is 0 Å². The molecule has 1 unspecified atom stereocenters. The largest absolute Gasteiger partial charge is 0.469 e. The van der Waals surface area contributed by atoms with E-state index in [1.165, 1.54) is 11.1 Å². The molecule has 0 aromatic heterocycles. The molecule has 0 aliphatic carbocycles. The van der Waals surface area contributed by atoms with Crippen molar-refractivity contribution in [2.24, 2.45) is 0 Å². The summed E-state index contributed by atoms with van der Waals surface area (Å²) in [4.78, 5) is 30.1. The van der Waals surface area contributed by atoms with Gasteiger partial charge in [0.1, 0.15) is 24.1 Å². The van der Waals surface area contributed by atoms with E-state index in [9.17, 15) is 19.6 Å². The molecule has 0 saturated carbocycles. The van der Waals surface area contributed by atoms with Crippen molar-refractivity contribution >= 4 is 36.3 Å². The number of phosphoric ester groups is 1. The van der Waals surface area contributed by atoms with E-state index in [1.807, 2.05) is 0 Å². The number of nitrogens with zero attached hydrogens (tertiary/aromatic N) is 1. The molecule has 10 nitrogen and oxygen atoms in total. The van der Waals surface area contributed by atoms with Gasteiger partial charge in [-0.1, -0.05) is 6.58 Å². The van der Waals surface area contributed by atoms with Crippen molar-refractivity contribution < 1.29 is 38.6 Å². The van der Waals surface area contributed by atoms with Gasteiger partial charge in [-0.25, -0.2) is 4.57 Å². The van der Waals surface area contributed by atoms with Crippen LogP contribution in [0.5, 0.6) is 0 Å². The highest BCUT2D eigenvalue weighted by molar-refractivity contribution is 14.1. The second kappa shape index (κ2) is 6.53. The smallest absolute Gasteiger partial charge is 0.387 e. The lowest BCUT2D eigenvalue weighted by Gasteiger charge is -2.33. The fraction of sp³-hybridized carbons (Fsp3) is 0.500. The van der Waals surface area contributed by atoms with Crippen LogP contribution in [0, 0.1) is 0 Å². The number of carbonyl (C=O) groups excluding carboxylic acids is 1. The van der Waals surface area contributed by atoms with E-state index in [0.29, 0.717) is 3.58 Å². The van der Waals surface area contributed by atoms with Gasteiger partial charge in [0.05, 0.1) is 10.2 Å². The maximum absolute atomic E-state index is 11.5. The number of hydrogen-bond donors (Lipinski definition) is 5. The molecule has 4 atom stereocenters. The second-order valence-electron chi connectivity index (χ2n) is 4.62. The van der Waals surface area contributed by atoms with Crippen molar-refractivity contribution in [3.05, 3.63) is 22.2 Å². The Morgan fingerprint density at radius 3 is 2.68 bits per heavy atom. The van der Waals surface area contributed by atoms with Gasteiger partial charge in [-0.3, -0.25) is 9.32 Å². The van der Waals surface area contributed by atoms with Gasteiger partial charge >= 0.3 is 7.82 Å². The molecule has 2 aliphatic heterocycles. The van der Waals surface area contributed by atoms with E-state index in [0.717, 1.165) is 0 Å². The molecule has 2 aliphatic rings. The number of aliphatic hydroxyl groups is 2. The average Bonchev–Trinajstić information content (AvgIpc) is 2.68. The van der Waals surface area contributed by atoms with Crippen LogP contribution in [0.25, 0.3) is 0 Å². The predicted octanol–water partition coefficient (Wildman–Crippen LogP) is -1.28. The molecular weight excluding hydrogens is 434 g/mol. The molecule has 2 rings (SSSR count). The number of halogens is 1. The zero-order valence-corrected chi connectivity index (χ0v) is 14.0. The quantitative estimate of drug-likeness (QED) is 0.262. The molecular formula is C10H14IN2O8P. The van der Waals surface area contributed by atoms with Crippen LogP contribution in [0.1, 0.15) is 0 Å². The molecule has 0 radical (unpaired) electrons. The van der Waals surface area contributed by atoms with E-state index in [2.05, 4.69) is 16.4 Å². The Labute approximate surface area is 138 Å². The number of nitrogens with one attached hydrogen (secondary N) is 1. The van der Waals surface area contributed by atoms with Gasteiger partial charge in [-0.05, 0) is 22.6 Å². The molecule has 5 N–H and O–H groups in total. The summed E-state index contributed by atoms with van der Waals surface area (Å²) >= 11 is 1.78. The van der Waals surface area contributed by atoms with Gasteiger partial charge in [0.25, 0.3) is 5.91 Å². The number of hydrogen-bond acceptors (Lipinski definition) is 7. The summed E-state index contributed by atoms with van der Waals surface area (Å²) in [5.41, 5.74) is 0. The molecule has 2 heterocycles. The first-order chi connectivity index (χ1) is 10.1. The van der Waals surface area contributed by atoms with E-state index in [-0.39, 0.29) is 11.7 Å². The Bertz CT molecular complexity index is 563. The first kappa shape index (κ1) is 17.8. The zero-order valence-electron chi connectivity index (χ0n) is 11.0. The minimum atomic E-state index is -4.72. The van der Waals surface area contributed by atoms with Crippen LogP contribution < -0.4 is 5.32 Å². The summed E-state index contributed by atoms with van der Waals surface area (Å²) < 4.78 is 20.6. The topological polar surface area (TPSA) is 149 Å². The molecule has 124 valence electrons. The number of ether oxygens (including phenoxy) is 1. The first-order valence-electron chi connectivity index (χ1n) is 5.98. The number of amides is 1. The number of carbonyl (C=O) groups is 1. The minimum Gasteiger partial charge on any atom is -0.387 e. The lowest BCUT2D eigenvalue weighted by molar-refractivity contribution is -0.118. The Balaban J connectivity index is 2.11. The van der Waals surface area contributed by atoms with Crippen molar-refractivity contribution in [1.82, 2.24) is 10.2 Å². The molecule has 12 heteroatoms. The summed E-state index contributed by atoms with van der Waals surface area (Å²) in [5, 5.41) is 22.4. The maximum Gasteiger partial charge on any atom is 0.469 e. The standard InChI is InChI=1S/C10H14IN2O8P/c1-4-12-9(16)5(11)2-13(4)10-8(15)7(14)6(21-10)3-20-22(17,18)19/h2,6-8,10,14-15H,1,3H2,(H,12,16)(H2,17,18,19)/t6?,7-,8-,10-/m1/s1. The van der Waals surface area contributed by atoms with Crippen LogP contribution in [-0.2, 0) is 18.6 Å². The van der Waals surface area contributed by atoms with Crippen LogP contribution in [0.4, 0.5) is 0 Å². The molecule has 22 heavy (non-hydrogen) atoms. The highest BCUT2D eigenvalue weighted by atomic mass is 127. The second-order valence-corrected chi connectivity index (χ2v) is 7.02. The van der Waals surface area contributed by atoms with Crippen LogP contribution in [0.15, 0.2) is 22.2 Å². The summed E-state index contributed by atoms with van der Waals surface area (Å²) in [6, 6.07) is 0. The average molecular weight is 448 g/mol. The van der Waals surface area contributed by atoms with Gasteiger partial charge < -0.3 is 35.0 Å². The fourth-order valence-electron chi connectivity index (χ4n) is 2.01. The third-order valence-corrected chi connectivity index (χ3v) is 4.31. The highest BCUT2D eigenvalue weighted by Crippen LogP contribution is 2.37. The molecule has 0 aromatic rings. The van der Waals surface area contributed by atoms with Crippen molar-refractivity contribution in [2.45, 2.75) is 24.5 Å². The number of phosphoric acid groups is 1. The van der Waals surface area contributed by atoms with Gasteiger partial charge in [0, 0.05) is 6.20 Å². The maximum atomic E-state index is 11.5. The Morgan fingerprint density at radius 2 is 2.09 bits per heavy atom. The van der Waals surface area contributed by atoms with Gasteiger partial charge in [-0.15, -0.1) is 0 Å². The van der Waals surface area contributed by atoms with Crippen molar-refractivity contribution in [1.29, 1.82) is 0 Å². The van der Waals surface area contributed by atoms with Crippen LogP contribution in [0.3, 0.4) is 0 Å². The molecule has 0 bridgehead atoms. The van der Waals surface area contributed by atoms with E-state index in [1.54, 1.807) is 22.6 Å². The van der Waals surface area contributed by atoms with Crippen molar-refractivity contribution in [2.75, 3.05) is 6.61 Å². The molecule has 1 amide bonds. The molecule has 1 fully saturated rings. The van der Waals surface area contributed by atoms with E-state index < -0.39 is 39.0 Å². The fourth-order valence-corrected chi connectivity index (χ4v) is 2.78. The number of aliphatic hydroxyl groups excluding tert-OH is 2. The van der Waals surface area contributed by atoms with Gasteiger partial charge in [0.15, 0.2) is 6.23 Å². The van der Waals surface area contributed by atoms with Crippen LogP contribution in [0.2, 0.25) is 0 Å². The minimum absolute atomic E-state index is 0.137. The first-order valence-corrected chi connectivity index (χ1v) is 8.58. The van der Waals surface area contributed by atoms with E-state index in [4.69, 9.17) is 14.5 Å². The third-order valence-electron chi connectivity index (χ3n) is 3.06. The summed E-state index contributed by atoms with van der Waals surface area (Å²) in [7, 11) is -4.72. The highest BCUT2D eigenvalue weighted by Gasteiger charge is 2.47. The summed E-state index contributed by atoms with van der Waals surface area (Å²) in [6.07, 6.45) is -3.66. The zero-order chi connectivity index (χ0) is 16.7. The summed E-state index contributed by atoms with van der Waals surface area (Å²) in [5.74, 6) is -0.227. The lowest BCUT2D eigenvalue weighted by atomic mass is 10.1. The van der Waals surface area contributed by atoms with Crippen molar-refractivity contribution in [3.63, 3.8) is 0 Å².